The van der Waals surface area contributed by atoms with Crippen LogP contribution in [0.2, 0.25) is 0 Å². The van der Waals surface area contributed by atoms with Gasteiger partial charge >= 0.3 is 0 Å². The average molecular weight is 317 g/mol. The third-order valence-electron chi connectivity index (χ3n) is 3.06. The van der Waals surface area contributed by atoms with Crippen LogP contribution < -0.4 is 5.32 Å². The van der Waals surface area contributed by atoms with Crippen LogP contribution in [0.15, 0.2) is 35.7 Å². The molecule has 2 rings (SSSR count). The maximum atomic E-state index is 5.32. The predicted octanol–water partition coefficient (Wildman–Crippen LogP) is 3.46. The summed E-state index contributed by atoms with van der Waals surface area (Å²) >= 11 is 7.19. The van der Waals surface area contributed by atoms with Crippen molar-refractivity contribution in [2.75, 3.05) is 12.3 Å². The molecule has 1 heterocycles. The van der Waals surface area contributed by atoms with Crippen molar-refractivity contribution in [3.8, 4) is 0 Å². The summed E-state index contributed by atoms with van der Waals surface area (Å²) in [6.07, 6.45) is 4.96. The van der Waals surface area contributed by atoms with Gasteiger partial charge in [0.1, 0.15) is 11.3 Å². The molecule has 1 N–H and O–H groups in total. The molecule has 0 saturated heterocycles. The van der Waals surface area contributed by atoms with Gasteiger partial charge in [-0.05, 0) is 31.9 Å². The second-order valence-corrected chi connectivity index (χ2v) is 6.47. The van der Waals surface area contributed by atoms with Gasteiger partial charge in [0.25, 0.3) is 0 Å². The standard InChI is InChI=1S/C16H19N3S2/c1-11-6-12(2)15(13(3)7-11)21-5-4-19-16(20)14-8-17-10-18-9-14/h6-10H,4-5H2,1-3H3,(H,19,20). The lowest BCUT2D eigenvalue weighted by Crippen LogP contribution is -2.25. The number of benzene rings is 1. The number of nitrogens with zero attached hydrogens (tertiary/aromatic N) is 2. The molecule has 0 aliphatic rings. The molecule has 0 bridgehead atoms. The van der Waals surface area contributed by atoms with Crippen LogP contribution in [0.25, 0.3) is 0 Å². The molecule has 0 unspecified atom stereocenters. The first-order chi connectivity index (χ1) is 10.1. The number of thioether (sulfide) groups is 1. The van der Waals surface area contributed by atoms with E-state index >= 15 is 0 Å². The molecule has 0 aliphatic carbocycles. The lowest BCUT2D eigenvalue weighted by Gasteiger charge is -2.12. The Labute approximate surface area is 135 Å². The molecular weight excluding hydrogens is 298 g/mol. The summed E-state index contributed by atoms with van der Waals surface area (Å²) in [5.41, 5.74) is 4.87. The molecule has 3 nitrogen and oxygen atoms in total. The Balaban J connectivity index is 1.84. The van der Waals surface area contributed by atoms with Gasteiger partial charge in [0.15, 0.2) is 0 Å². The molecular formula is C16H19N3S2. The van der Waals surface area contributed by atoms with Crippen molar-refractivity contribution in [1.29, 1.82) is 0 Å². The maximum Gasteiger partial charge on any atom is 0.115 e. The van der Waals surface area contributed by atoms with E-state index in [9.17, 15) is 0 Å². The van der Waals surface area contributed by atoms with E-state index in [1.807, 2.05) is 11.8 Å². The fourth-order valence-electron chi connectivity index (χ4n) is 2.23. The second-order valence-electron chi connectivity index (χ2n) is 4.96. The summed E-state index contributed by atoms with van der Waals surface area (Å²) in [4.78, 5) is 10.0. The monoisotopic (exact) mass is 317 g/mol. The average Bonchev–Trinajstić information content (AvgIpc) is 2.46. The van der Waals surface area contributed by atoms with Gasteiger partial charge in [0, 0.05) is 35.2 Å². The summed E-state index contributed by atoms with van der Waals surface area (Å²) in [6.45, 7) is 7.30. The van der Waals surface area contributed by atoms with Crippen LogP contribution >= 0.6 is 24.0 Å². The fourth-order valence-corrected chi connectivity index (χ4v) is 3.42. The van der Waals surface area contributed by atoms with Gasteiger partial charge in [-0.1, -0.05) is 29.9 Å². The van der Waals surface area contributed by atoms with Gasteiger partial charge in [-0.3, -0.25) is 0 Å². The van der Waals surface area contributed by atoms with Crippen LogP contribution in [0.4, 0.5) is 0 Å². The Bertz CT molecular complexity index is 604. The van der Waals surface area contributed by atoms with E-state index in [-0.39, 0.29) is 0 Å². The molecule has 0 fully saturated rings. The fraction of sp³-hybridized carbons (Fsp3) is 0.312. The Morgan fingerprint density at radius 3 is 2.38 bits per heavy atom. The topological polar surface area (TPSA) is 37.8 Å². The van der Waals surface area contributed by atoms with Crippen molar-refractivity contribution in [2.24, 2.45) is 0 Å². The number of thiocarbonyl (C=S) groups is 1. The Morgan fingerprint density at radius 2 is 1.76 bits per heavy atom. The number of nitrogens with one attached hydrogen (secondary N) is 1. The van der Waals surface area contributed by atoms with Crippen molar-refractivity contribution < 1.29 is 0 Å². The first-order valence-electron chi connectivity index (χ1n) is 6.82. The van der Waals surface area contributed by atoms with Crippen LogP contribution in [0.1, 0.15) is 22.3 Å². The van der Waals surface area contributed by atoms with E-state index in [0.29, 0.717) is 4.99 Å². The molecule has 110 valence electrons. The van der Waals surface area contributed by atoms with Crippen LogP contribution in [-0.2, 0) is 0 Å². The van der Waals surface area contributed by atoms with E-state index in [1.165, 1.54) is 27.9 Å². The molecule has 1 aromatic carbocycles. The highest BCUT2D eigenvalue weighted by molar-refractivity contribution is 7.99. The smallest absolute Gasteiger partial charge is 0.115 e. The summed E-state index contributed by atoms with van der Waals surface area (Å²) < 4.78 is 0. The van der Waals surface area contributed by atoms with Gasteiger partial charge in [-0.15, -0.1) is 11.8 Å². The van der Waals surface area contributed by atoms with Gasteiger partial charge in [-0.2, -0.15) is 0 Å². The molecule has 2 aromatic rings. The molecule has 0 aliphatic heterocycles. The Morgan fingerprint density at radius 1 is 1.14 bits per heavy atom. The van der Waals surface area contributed by atoms with Crippen molar-refractivity contribution in [1.82, 2.24) is 15.3 Å². The number of hydrogen-bond donors (Lipinski definition) is 1. The minimum Gasteiger partial charge on any atom is -0.375 e. The first-order valence-corrected chi connectivity index (χ1v) is 8.21. The number of aromatic nitrogens is 2. The van der Waals surface area contributed by atoms with Gasteiger partial charge in [0.05, 0.1) is 0 Å². The quantitative estimate of drug-likeness (QED) is 0.519. The predicted molar refractivity (Wildman–Crippen MR) is 93.1 cm³/mol. The highest BCUT2D eigenvalue weighted by Gasteiger charge is 2.05. The minimum atomic E-state index is 0.702. The highest BCUT2D eigenvalue weighted by atomic mass is 32.2. The zero-order chi connectivity index (χ0) is 15.2. The van der Waals surface area contributed by atoms with E-state index in [4.69, 9.17) is 12.2 Å². The van der Waals surface area contributed by atoms with E-state index < -0.39 is 0 Å². The molecule has 0 amide bonds. The normalized spacial score (nSPS) is 10.4. The molecule has 0 spiro atoms. The molecule has 0 saturated carbocycles. The summed E-state index contributed by atoms with van der Waals surface area (Å²) in [7, 11) is 0. The molecule has 21 heavy (non-hydrogen) atoms. The van der Waals surface area contributed by atoms with Crippen LogP contribution in [-0.4, -0.2) is 27.3 Å². The first kappa shape index (κ1) is 15.9. The number of hydrogen-bond acceptors (Lipinski definition) is 4. The number of aryl methyl sites for hydroxylation is 3. The van der Waals surface area contributed by atoms with E-state index in [1.54, 1.807) is 12.4 Å². The lowest BCUT2D eigenvalue weighted by atomic mass is 10.1. The van der Waals surface area contributed by atoms with Crippen molar-refractivity contribution in [3.05, 3.63) is 53.1 Å². The zero-order valence-corrected chi connectivity index (χ0v) is 14.1. The van der Waals surface area contributed by atoms with Gasteiger partial charge in [0.2, 0.25) is 0 Å². The van der Waals surface area contributed by atoms with Crippen molar-refractivity contribution in [2.45, 2.75) is 25.7 Å². The summed E-state index contributed by atoms with van der Waals surface area (Å²) in [5, 5.41) is 3.25. The highest BCUT2D eigenvalue weighted by Crippen LogP contribution is 2.27. The van der Waals surface area contributed by atoms with Crippen LogP contribution in [0.3, 0.4) is 0 Å². The third-order valence-corrected chi connectivity index (χ3v) is 4.78. The molecule has 1 aromatic heterocycles. The van der Waals surface area contributed by atoms with E-state index in [0.717, 1.165) is 17.9 Å². The minimum absolute atomic E-state index is 0.702. The van der Waals surface area contributed by atoms with Crippen molar-refractivity contribution >= 4 is 29.0 Å². The number of rotatable bonds is 5. The zero-order valence-electron chi connectivity index (χ0n) is 12.5. The molecule has 0 radical (unpaired) electrons. The van der Waals surface area contributed by atoms with E-state index in [2.05, 4.69) is 48.2 Å². The Hall–Kier alpha value is -1.46. The molecule has 0 atom stereocenters. The van der Waals surface area contributed by atoms with Crippen LogP contribution in [0.5, 0.6) is 0 Å². The SMILES string of the molecule is Cc1cc(C)c(SCCNC(=S)c2cncnc2)c(C)c1. The largest absolute Gasteiger partial charge is 0.375 e. The molecule has 5 heteroatoms. The summed E-state index contributed by atoms with van der Waals surface area (Å²) in [5.74, 6) is 0.971. The van der Waals surface area contributed by atoms with Gasteiger partial charge < -0.3 is 5.32 Å². The van der Waals surface area contributed by atoms with Crippen LogP contribution in [0, 0.1) is 20.8 Å². The third kappa shape index (κ3) is 4.51. The van der Waals surface area contributed by atoms with Gasteiger partial charge in [-0.25, -0.2) is 9.97 Å². The Kier molecular flexibility index (Phi) is 5.70. The summed E-state index contributed by atoms with van der Waals surface area (Å²) in [6, 6.07) is 4.46. The lowest BCUT2D eigenvalue weighted by molar-refractivity contribution is 0.987. The second kappa shape index (κ2) is 7.52. The van der Waals surface area contributed by atoms with Crippen molar-refractivity contribution in [3.63, 3.8) is 0 Å². The maximum absolute atomic E-state index is 5.32.